The zero-order chi connectivity index (χ0) is 10.7. The third-order valence-electron chi connectivity index (χ3n) is 2.11. The molecule has 0 atom stereocenters. The molecule has 2 rings (SSSR count). The van der Waals surface area contributed by atoms with Gasteiger partial charge < -0.3 is 4.52 Å². The highest BCUT2D eigenvalue weighted by Crippen LogP contribution is 2.08. The number of carbonyl (C=O) groups excluding carboxylic acids is 1. The molecule has 3 heteroatoms. The van der Waals surface area contributed by atoms with Crippen LogP contribution in [0.5, 0.6) is 0 Å². The SMILES string of the molecule is Cc1cc(CC(=O)c2ccccc2)on1. The average Bonchev–Trinajstić information content (AvgIpc) is 2.65. The van der Waals surface area contributed by atoms with Gasteiger partial charge in [0.25, 0.3) is 0 Å². The second-order valence-corrected chi connectivity index (χ2v) is 3.40. The van der Waals surface area contributed by atoms with Gasteiger partial charge >= 0.3 is 0 Å². The first-order chi connectivity index (χ1) is 7.25. The van der Waals surface area contributed by atoms with Gasteiger partial charge in [0.15, 0.2) is 5.78 Å². The highest BCUT2D eigenvalue weighted by Gasteiger charge is 2.09. The van der Waals surface area contributed by atoms with Crippen LogP contribution < -0.4 is 0 Å². The average molecular weight is 201 g/mol. The lowest BCUT2D eigenvalue weighted by atomic mass is 10.1. The van der Waals surface area contributed by atoms with Crippen LogP contribution in [0.4, 0.5) is 0 Å². The number of nitrogens with zero attached hydrogens (tertiary/aromatic N) is 1. The third-order valence-corrected chi connectivity index (χ3v) is 2.11. The maximum atomic E-state index is 11.7. The summed E-state index contributed by atoms with van der Waals surface area (Å²) in [6, 6.07) is 10.9. The van der Waals surface area contributed by atoms with Crippen LogP contribution in [-0.2, 0) is 6.42 Å². The van der Waals surface area contributed by atoms with Gasteiger partial charge in [-0.2, -0.15) is 0 Å². The summed E-state index contributed by atoms with van der Waals surface area (Å²) in [6.07, 6.45) is 0.269. The van der Waals surface area contributed by atoms with Crippen molar-refractivity contribution in [2.45, 2.75) is 13.3 Å². The lowest BCUT2D eigenvalue weighted by molar-refractivity contribution is 0.0984. The second-order valence-electron chi connectivity index (χ2n) is 3.40. The van der Waals surface area contributed by atoms with E-state index in [2.05, 4.69) is 5.16 Å². The second kappa shape index (κ2) is 4.09. The van der Waals surface area contributed by atoms with Crippen molar-refractivity contribution >= 4 is 5.78 Å². The molecule has 0 radical (unpaired) electrons. The summed E-state index contributed by atoms with van der Waals surface area (Å²) in [4.78, 5) is 11.7. The van der Waals surface area contributed by atoms with Gasteiger partial charge in [0.2, 0.25) is 0 Å². The number of Topliss-reactive ketones (excluding diaryl/α,β-unsaturated/α-hetero) is 1. The molecule has 1 aromatic heterocycles. The van der Waals surface area contributed by atoms with E-state index in [4.69, 9.17) is 4.52 Å². The minimum atomic E-state index is 0.0479. The van der Waals surface area contributed by atoms with Crippen LogP contribution in [0, 0.1) is 6.92 Å². The van der Waals surface area contributed by atoms with E-state index in [9.17, 15) is 4.79 Å². The van der Waals surface area contributed by atoms with Gasteiger partial charge in [0.05, 0.1) is 12.1 Å². The van der Waals surface area contributed by atoms with Crippen molar-refractivity contribution in [2.75, 3.05) is 0 Å². The smallest absolute Gasteiger partial charge is 0.170 e. The predicted molar refractivity (Wildman–Crippen MR) is 55.7 cm³/mol. The van der Waals surface area contributed by atoms with E-state index in [1.54, 1.807) is 18.2 Å². The summed E-state index contributed by atoms with van der Waals surface area (Å²) in [7, 11) is 0. The summed E-state index contributed by atoms with van der Waals surface area (Å²) in [5.41, 5.74) is 1.50. The maximum absolute atomic E-state index is 11.7. The number of carbonyl (C=O) groups is 1. The molecular weight excluding hydrogens is 190 g/mol. The normalized spacial score (nSPS) is 10.2. The molecule has 0 unspecified atom stereocenters. The Morgan fingerprint density at radius 3 is 2.67 bits per heavy atom. The fourth-order valence-corrected chi connectivity index (χ4v) is 1.38. The van der Waals surface area contributed by atoms with Crippen molar-refractivity contribution in [3.8, 4) is 0 Å². The van der Waals surface area contributed by atoms with E-state index in [0.717, 1.165) is 5.69 Å². The highest BCUT2D eigenvalue weighted by atomic mass is 16.5. The summed E-state index contributed by atoms with van der Waals surface area (Å²) < 4.78 is 4.99. The lowest BCUT2D eigenvalue weighted by Crippen LogP contribution is -2.02. The van der Waals surface area contributed by atoms with Crippen molar-refractivity contribution in [3.63, 3.8) is 0 Å². The number of hydrogen-bond donors (Lipinski definition) is 0. The molecule has 0 aliphatic heterocycles. The van der Waals surface area contributed by atoms with Crippen LogP contribution in [0.25, 0.3) is 0 Å². The molecule has 0 fully saturated rings. The summed E-state index contributed by atoms with van der Waals surface area (Å²) >= 11 is 0. The zero-order valence-electron chi connectivity index (χ0n) is 8.43. The molecule has 0 N–H and O–H groups in total. The fourth-order valence-electron chi connectivity index (χ4n) is 1.38. The number of benzene rings is 1. The molecule has 0 saturated carbocycles. The Balaban J connectivity index is 2.11. The molecule has 0 amide bonds. The highest BCUT2D eigenvalue weighted by molar-refractivity contribution is 5.97. The Hall–Kier alpha value is -1.90. The quantitative estimate of drug-likeness (QED) is 0.716. The van der Waals surface area contributed by atoms with Crippen LogP contribution in [-0.4, -0.2) is 10.9 Å². The fraction of sp³-hybridized carbons (Fsp3) is 0.167. The van der Waals surface area contributed by atoms with Crippen molar-refractivity contribution in [2.24, 2.45) is 0 Å². The molecule has 15 heavy (non-hydrogen) atoms. The number of ketones is 1. The van der Waals surface area contributed by atoms with Crippen molar-refractivity contribution in [1.29, 1.82) is 0 Å². The van der Waals surface area contributed by atoms with Gasteiger partial charge in [0, 0.05) is 11.6 Å². The van der Waals surface area contributed by atoms with Crippen molar-refractivity contribution < 1.29 is 9.32 Å². The van der Waals surface area contributed by atoms with Gasteiger partial charge in [-0.3, -0.25) is 4.79 Å². The van der Waals surface area contributed by atoms with E-state index < -0.39 is 0 Å². The Kier molecular flexibility index (Phi) is 2.63. The van der Waals surface area contributed by atoms with Crippen molar-refractivity contribution in [1.82, 2.24) is 5.16 Å². The van der Waals surface area contributed by atoms with Crippen LogP contribution >= 0.6 is 0 Å². The predicted octanol–water partition coefficient (Wildman–Crippen LogP) is 2.41. The molecule has 0 aliphatic rings. The first-order valence-corrected chi connectivity index (χ1v) is 4.76. The molecule has 76 valence electrons. The molecule has 1 heterocycles. The number of aryl methyl sites for hydroxylation is 1. The largest absolute Gasteiger partial charge is 0.361 e. The van der Waals surface area contributed by atoms with Gasteiger partial charge in [-0.15, -0.1) is 0 Å². The minimum Gasteiger partial charge on any atom is -0.361 e. The first-order valence-electron chi connectivity index (χ1n) is 4.76. The number of hydrogen-bond acceptors (Lipinski definition) is 3. The van der Waals surface area contributed by atoms with E-state index in [1.165, 1.54) is 0 Å². The van der Waals surface area contributed by atoms with Crippen LogP contribution in [0.2, 0.25) is 0 Å². The Labute approximate surface area is 87.7 Å². The number of rotatable bonds is 3. The molecular formula is C12H11NO2. The molecule has 1 aromatic carbocycles. The van der Waals surface area contributed by atoms with Crippen LogP contribution in [0.3, 0.4) is 0 Å². The van der Waals surface area contributed by atoms with Crippen LogP contribution in [0.1, 0.15) is 21.8 Å². The van der Waals surface area contributed by atoms with E-state index in [-0.39, 0.29) is 12.2 Å². The summed E-state index contributed by atoms with van der Waals surface area (Å²) in [5, 5.41) is 3.74. The monoisotopic (exact) mass is 201 g/mol. The molecule has 0 bridgehead atoms. The van der Waals surface area contributed by atoms with Crippen molar-refractivity contribution in [3.05, 3.63) is 53.4 Å². The standard InChI is InChI=1S/C12H11NO2/c1-9-7-11(15-13-9)8-12(14)10-5-3-2-4-6-10/h2-7H,8H2,1H3. The third kappa shape index (κ3) is 2.31. The van der Waals surface area contributed by atoms with E-state index in [0.29, 0.717) is 11.3 Å². The maximum Gasteiger partial charge on any atom is 0.170 e. The van der Waals surface area contributed by atoms with E-state index >= 15 is 0 Å². The molecule has 0 saturated heterocycles. The topological polar surface area (TPSA) is 43.1 Å². The molecule has 0 spiro atoms. The Morgan fingerprint density at radius 1 is 1.33 bits per heavy atom. The molecule has 0 aliphatic carbocycles. The molecule has 3 nitrogen and oxygen atoms in total. The lowest BCUT2D eigenvalue weighted by Gasteiger charge is -1.96. The van der Waals surface area contributed by atoms with Gasteiger partial charge in [-0.05, 0) is 6.92 Å². The van der Waals surface area contributed by atoms with E-state index in [1.807, 2.05) is 25.1 Å². The van der Waals surface area contributed by atoms with Crippen LogP contribution in [0.15, 0.2) is 40.9 Å². The van der Waals surface area contributed by atoms with Gasteiger partial charge in [-0.25, -0.2) is 0 Å². The Morgan fingerprint density at radius 2 is 2.07 bits per heavy atom. The van der Waals surface area contributed by atoms with Gasteiger partial charge in [-0.1, -0.05) is 35.5 Å². The van der Waals surface area contributed by atoms with Gasteiger partial charge in [0.1, 0.15) is 5.76 Å². The number of aromatic nitrogens is 1. The molecule has 2 aromatic rings. The zero-order valence-corrected chi connectivity index (χ0v) is 8.43. The summed E-state index contributed by atoms with van der Waals surface area (Å²) in [6.45, 7) is 1.83. The Bertz CT molecular complexity index is 459. The first kappa shape index (κ1) is 9.65. The minimum absolute atomic E-state index is 0.0479. The summed E-state index contributed by atoms with van der Waals surface area (Å²) in [5.74, 6) is 0.660.